The van der Waals surface area contributed by atoms with Crippen LogP contribution in [0.4, 0.5) is 0 Å². The summed E-state index contributed by atoms with van der Waals surface area (Å²) in [4.78, 5) is 15.3. The van der Waals surface area contributed by atoms with Gasteiger partial charge in [0.15, 0.2) is 0 Å². The summed E-state index contributed by atoms with van der Waals surface area (Å²) < 4.78 is 23.4. The van der Waals surface area contributed by atoms with E-state index in [1.165, 1.54) is 11.3 Å². The second-order valence-electron chi connectivity index (χ2n) is 7.31. The molecule has 0 aliphatic heterocycles. The molecule has 0 amide bonds. The van der Waals surface area contributed by atoms with Gasteiger partial charge >= 0.3 is 0 Å². The molecule has 4 aromatic rings. The fourth-order valence-electron chi connectivity index (χ4n) is 3.80. The van der Waals surface area contributed by atoms with Gasteiger partial charge in [0, 0.05) is 16.3 Å². The summed E-state index contributed by atoms with van der Waals surface area (Å²) in [6, 6.07) is 10.9. The number of hydrogen-bond acceptors (Lipinski definition) is 5. The van der Waals surface area contributed by atoms with Crippen molar-refractivity contribution in [2.45, 2.75) is 19.8 Å². The maximum Gasteiger partial charge on any atom is 0.266 e. The number of phenolic OH excluding ortho intramolecular Hbond substituents is 1. The van der Waals surface area contributed by atoms with E-state index in [9.17, 15) is 18.3 Å². The van der Waals surface area contributed by atoms with E-state index in [1.807, 2.05) is 42.6 Å². The minimum atomic E-state index is -3.57. The molecule has 0 saturated heterocycles. The summed E-state index contributed by atoms with van der Waals surface area (Å²) in [6.45, 7) is 3.65. The zero-order chi connectivity index (χ0) is 20.9. The number of rotatable bonds is 4. The summed E-state index contributed by atoms with van der Waals surface area (Å²) >= 11 is 1.36. The van der Waals surface area contributed by atoms with Gasteiger partial charge in [-0.15, -0.1) is 11.3 Å². The standard InChI is InChI=1S/C21H20N2O4S2/c1-11-9-16(24)17(18-15-7-8-28-20(15)21(25)23-19(11)18)14-5-3-13(4-6-14)12(2)10-29(22,26)27/h3-9,12,24H,10H2,1-2H3,(H,23,25)(H2,22,26,27). The van der Waals surface area contributed by atoms with E-state index in [-0.39, 0.29) is 23.0 Å². The van der Waals surface area contributed by atoms with Crippen molar-refractivity contribution in [3.8, 4) is 16.9 Å². The predicted molar refractivity (Wildman–Crippen MR) is 118 cm³/mol. The first-order valence-corrected chi connectivity index (χ1v) is 11.6. The Balaban J connectivity index is 1.92. The molecule has 0 aliphatic carbocycles. The molecule has 4 rings (SSSR count). The van der Waals surface area contributed by atoms with Crippen LogP contribution in [0.1, 0.15) is 24.0 Å². The number of nitrogens with two attached hydrogens (primary N) is 1. The van der Waals surface area contributed by atoms with Crippen LogP contribution in [0.15, 0.2) is 46.6 Å². The summed E-state index contributed by atoms with van der Waals surface area (Å²) in [6.07, 6.45) is 0. The Bertz CT molecular complexity index is 1400. The number of nitrogens with one attached hydrogen (secondary N) is 1. The van der Waals surface area contributed by atoms with Gasteiger partial charge in [-0.05, 0) is 47.0 Å². The Morgan fingerprint density at radius 2 is 1.90 bits per heavy atom. The number of sulfonamides is 1. The number of phenols is 1. The molecular formula is C21H20N2O4S2. The van der Waals surface area contributed by atoms with Crippen molar-refractivity contribution in [1.82, 2.24) is 4.98 Å². The van der Waals surface area contributed by atoms with Crippen LogP contribution in [0.25, 0.3) is 32.1 Å². The molecule has 1 unspecified atom stereocenters. The van der Waals surface area contributed by atoms with Gasteiger partial charge in [-0.2, -0.15) is 0 Å². The first-order valence-electron chi connectivity index (χ1n) is 9.02. The van der Waals surface area contributed by atoms with Crippen molar-refractivity contribution in [3.63, 3.8) is 0 Å². The minimum absolute atomic E-state index is 0.125. The number of pyridine rings is 1. The summed E-state index contributed by atoms with van der Waals surface area (Å²) in [5.74, 6) is -0.260. The third-order valence-electron chi connectivity index (χ3n) is 5.13. The van der Waals surface area contributed by atoms with Crippen molar-refractivity contribution in [3.05, 3.63) is 63.3 Å². The Morgan fingerprint density at radius 3 is 2.55 bits per heavy atom. The number of aromatic nitrogens is 1. The first kappa shape index (κ1) is 19.6. The van der Waals surface area contributed by atoms with Crippen LogP contribution in [0.3, 0.4) is 0 Å². The van der Waals surface area contributed by atoms with E-state index in [0.29, 0.717) is 15.8 Å². The van der Waals surface area contributed by atoms with E-state index in [0.717, 1.165) is 27.5 Å². The topological polar surface area (TPSA) is 113 Å². The van der Waals surface area contributed by atoms with Gasteiger partial charge in [-0.3, -0.25) is 4.79 Å². The van der Waals surface area contributed by atoms with Crippen molar-refractivity contribution < 1.29 is 13.5 Å². The first-order chi connectivity index (χ1) is 13.7. The van der Waals surface area contributed by atoms with E-state index in [1.54, 1.807) is 13.0 Å². The Labute approximate surface area is 171 Å². The zero-order valence-electron chi connectivity index (χ0n) is 15.9. The number of aryl methyl sites for hydroxylation is 1. The maximum atomic E-state index is 12.4. The predicted octanol–water partition coefficient (Wildman–Crippen LogP) is 3.82. The molecular weight excluding hydrogens is 408 g/mol. The summed E-state index contributed by atoms with van der Waals surface area (Å²) in [5, 5.41) is 19.4. The van der Waals surface area contributed by atoms with Crippen LogP contribution in [-0.2, 0) is 10.0 Å². The van der Waals surface area contributed by atoms with Gasteiger partial charge in [0.2, 0.25) is 10.0 Å². The van der Waals surface area contributed by atoms with Crippen molar-refractivity contribution in [1.29, 1.82) is 0 Å². The molecule has 0 fully saturated rings. The molecule has 2 aromatic carbocycles. The highest BCUT2D eigenvalue weighted by Crippen LogP contribution is 2.41. The molecule has 0 saturated carbocycles. The van der Waals surface area contributed by atoms with Gasteiger partial charge < -0.3 is 10.1 Å². The molecule has 0 spiro atoms. The number of aromatic hydroxyl groups is 1. The van der Waals surface area contributed by atoms with Gasteiger partial charge in [0.1, 0.15) is 10.4 Å². The zero-order valence-corrected chi connectivity index (χ0v) is 17.5. The Hall–Kier alpha value is -2.68. The highest BCUT2D eigenvalue weighted by Gasteiger charge is 2.18. The average molecular weight is 429 g/mol. The van der Waals surface area contributed by atoms with Crippen LogP contribution in [0.2, 0.25) is 0 Å². The molecule has 4 N–H and O–H groups in total. The lowest BCUT2D eigenvalue weighted by Gasteiger charge is -2.15. The van der Waals surface area contributed by atoms with E-state index in [4.69, 9.17) is 5.14 Å². The summed E-state index contributed by atoms with van der Waals surface area (Å²) in [5.41, 5.74) is 3.59. The highest BCUT2D eigenvalue weighted by atomic mass is 32.2. The average Bonchev–Trinajstić information content (AvgIpc) is 3.12. The second-order valence-corrected chi connectivity index (χ2v) is 9.88. The Kier molecular flexibility index (Phi) is 4.72. The molecule has 1 atom stereocenters. The van der Waals surface area contributed by atoms with Crippen molar-refractivity contribution in [2.75, 3.05) is 5.75 Å². The monoisotopic (exact) mass is 428 g/mol. The number of hydrogen-bond donors (Lipinski definition) is 3. The van der Waals surface area contributed by atoms with Gasteiger partial charge in [-0.1, -0.05) is 31.2 Å². The third-order valence-corrected chi connectivity index (χ3v) is 7.01. The molecule has 0 bridgehead atoms. The number of primary sulfonamides is 1. The molecule has 150 valence electrons. The van der Waals surface area contributed by atoms with Gasteiger partial charge in [-0.25, -0.2) is 13.6 Å². The highest BCUT2D eigenvalue weighted by molar-refractivity contribution is 7.89. The van der Waals surface area contributed by atoms with Gasteiger partial charge in [0.25, 0.3) is 5.56 Å². The van der Waals surface area contributed by atoms with Crippen LogP contribution < -0.4 is 10.7 Å². The van der Waals surface area contributed by atoms with E-state index < -0.39 is 10.0 Å². The fourth-order valence-corrected chi connectivity index (χ4v) is 5.48. The van der Waals surface area contributed by atoms with Crippen LogP contribution >= 0.6 is 11.3 Å². The minimum Gasteiger partial charge on any atom is -0.507 e. The molecule has 2 aromatic heterocycles. The number of thiophene rings is 1. The molecule has 0 radical (unpaired) electrons. The van der Waals surface area contributed by atoms with Crippen molar-refractivity contribution in [2.24, 2.45) is 5.14 Å². The van der Waals surface area contributed by atoms with Gasteiger partial charge in [0.05, 0.1) is 11.3 Å². The van der Waals surface area contributed by atoms with Crippen LogP contribution in [0, 0.1) is 6.92 Å². The molecule has 0 aliphatic rings. The maximum absolute atomic E-state index is 12.4. The quantitative estimate of drug-likeness (QED) is 0.458. The lowest BCUT2D eigenvalue weighted by atomic mass is 9.93. The number of benzene rings is 2. The lowest BCUT2D eigenvalue weighted by molar-refractivity contribution is 0.477. The number of H-pyrrole nitrogens is 1. The molecule has 2 heterocycles. The molecule has 8 heteroatoms. The summed E-state index contributed by atoms with van der Waals surface area (Å²) in [7, 11) is -3.57. The normalized spacial score (nSPS) is 13.2. The number of aromatic amines is 1. The SMILES string of the molecule is Cc1cc(O)c(-c2ccc(C(C)CS(N)(=O)=O)cc2)c2c1[nH]c(=O)c1sccc12. The lowest BCUT2D eigenvalue weighted by Crippen LogP contribution is -2.20. The smallest absolute Gasteiger partial charge is 0.266 e. The van der Waals surface area contributed by atoms with E-state index >= 15 is 0 Å². The molecule has 6 nitrogen and oxygen atoms in total. The third kappa shape index (κ3) is 3.55. The molecule has 29 heavy (non-hydrogen) atoms. The second kappa shape index (κ2) is 6.98. The largest absolute Gasteiger partial charge is 0.507 e. The fraction of sp³-hybridized carbons (Fsp3) is 0.190. The Morgan fingerprint density at radius 1 is 1.21 bits per heavy atom. The van der Waals surface area contributed by atoms with Crippen molar-refractivity contribution >= 4 is 42.3 Å². The van der Waals surface area contributed by atoms with Crippen LogP contribution in [-0.4, -0.2) is 24.3 Å². The number of fused-ring (bicyclic) bond motifs is 3. The van der Waals surface area contributed by atoms with E-state index in [2.05, 4.69) is 4.98 Å². The van der Waals surface area contributed by atoms with Crippen LogP contribution in [0.5, 0.6) is 5.75 Å².